The van der Waals surface area contributed by atoms with Gasteiger partial charge in [-0.15, -0.1) is 0 Å². The van der Waals surface area contributed by atoms with Gasteiger partial charge in [0.25, 0.3) is 0 Å². The van der Waals surface area contributed by atoms with E-state index in [1.165, 1.54) is 0 Å². The second kappa shape index (κ2) is 10.2. The van der Waals surface area contributed by atoms with E-state index in [4.69, 9.17) is 4.74 Å². The number of hydrogen-bond donors (Lipinski definition) is 1. The summed E-state index contributed by atoms with van der Waals surface area (Å²) in [7, 11) is 1.59. The Morgan fingerprint density at radius 3 is 2.61 bits per heavy atom. The summed E-state index contributed by atoms with van der Waals surface area (Å²) < 4.78 is 5.28. The number of nitrogens with one attached hydrogen (secondary N) is 1. The highest BCUT2D eigenvalue weighted by Crippen LogP contribution is 2.29. The standard InChI is InChI=1S/C26H29N7O3/c1-18-28-23(30-22-8-3-4-9-27-22)16-24(29-18)31-10-12-32(13-11-31)26(35)19-14-25(34)33(17-19)20-6-5-7-21(15-20)36-2/h3-9,15-16,19H,10-14,17H2,1-2H3,(H,27,28,29,30). The molecule has 0 saturated carbocycles. The van der Waals surface area contributed by atoms with Gasteiger partial charge in [-0.05, 0) is 31.2 Å². The van der Waals surface area contributed by atoms with Crippen LogP contribution in [0.2, 0.25) is 0 Å². The smallest absolute Gasteiger partial charge is 0.228 e. The second-order valence-electron chi connectivity index (χ2n) is 8.92. The molecule has 4 heterocycles. The number of piperazine rings is 1. The number of nitrogens with zero attached hydrogens (tertiary/aromatic N) is 6. The van der Waals surface area contributed by atoms with Gasteiger partial charge in [0.05, 0.1) is 13.0 Å². The molecule has 2 aliphatic heterocycles. The van der Waals surface area contributed by atoms with Crippen LogP contribution in [0.25, 0.3) is 0 Å². The fourth-order valence-corrected chi connectivity index (χ4v) is 4.66. The zero-order valence-corrected chi connectivity index (χ0v) is 20.4. The number of anilines is 4. The lowest BCUT2D eigenvalue weighted by molar-refractivity contribution is -0.136. The maximum absolute atomic E-state index is 13.3. The molecule has 1 atom stereocenters. The lowest BCUT2D eigenvalue weighted by Crippen LogP contribution is -2.51. The van der Waals surface area contributed by atoms with Crippen molar-refractivity contribution >= 4 is 35.0 Å². The molecule has 186 valence electrons. The number of methoxy groups -OCH3 is 1. The summed E-state index contributed by atoms with van der Waals surface area (Å²) in [6.07, 6.45) is 1.95. The predicted octanol–water partition coefficient (Wildman–Crippen LogP) is 2.63. The third kappa shape index (κ3) is 5.07. The zero-order valence-electron chi connectivity index (χ0n) is 20.4. The van der Waals surface area contributed by atoms with Gasteiger partial charge in [0.15, 0.2) is 0 Å². The van der Waals surface area contributed by atoms with Crippen LogP contribution >= 0.6 is 0 Å². The normalized spacial score (nSPS) is 17.9. The molecule has 0 radical (unpaired) electrons. The summed E-state index contributed by atoms with van der Waals surface area (Å²) in [6, 6.07) is 14.9. The zero-order chi connectivity index (χ0) is 25.1. The number of rotatable bonds is 6. The first-order valence-corrected chi connectivity index (χ1v) is 12.0. The molecule has 2 aliphatic rings. The van der Waals surface area contributed by atoms with Crippen molar-refractivity contribution in [2.45, 2.75) is 13.3 Å². The molecule has 0 aliphatic carbocycles. The number of ether oxygens (including phenoxy) is 1. The Morgan fingerprint density at radius 1 is 1.03 bits per heavy atom. The number of hydrogen-bond acceptors (Lipinski definition) is 8. The number of amides is 2. The predicted molar refractivity (Wildman–Crippen MR) is 137 cm³/mol. The number of carbonyl (C=O) groups is 2. The summed E-state index contributed by atoms with van der Waals surface area (Å²) in [5.74, 6) is 3.20. The molecule has 36 heavy (non-hydrogen) atoms. The van der Waals surface area contributed by atoms with Crippen LogP contribution in [0.5, 0.6) is 5.75 Å². The lowest BCUT2D eigenvalue weighted by Gasteiger charge is -2.36. The Kier molecular flexibility index (Phi) is 6.66. The van der Waals surface area contributed by atoms with E-state index in [-0.39, 0.29) is 24.2 Å². The van der Waals surface area contributed by atoms with Crippen molar-refractivity contribution in [2.24, 2.45) is 5.92 Å². The highest BCUT2D eigenvalue weighted by Gasteiger charge is 2.38. The van der Waals surface area contributed by atoms with Crippen molar-refractivity contribution in [2.75, 3.05) is 55.0 Å². The van der Waals surface area contributed by atoms with E-state index in [2.05, 4.69) is 25.2 Å². The van der Waals surface area contributed by atoms with Crippen LogP contribution in [0.15, 0.2) is 54.7 Å². The van der Waals surface area contributed by atoms with Crippen molar-refractivity contribution in [1.82, 2.24) is 19.9 Å². The van der Waals surface area contributed by atoms with Gasteiger partial charge >= 0.3 is 0 Å². The largest absolute Gasteiger partial charge is 0.497 e. The van der Waals surface area contributed by atoms with Crippen molar-refractivity contribution in [3.05, 3.63) is 60.6 Å². The molecule has 10 nitrogen and oxygen atoms in total. The molecular weight excluding hydrogens is 458 g/mol. The molecular formula is C26H29N7O3. The first-order chi connectivity index (χ1) is 17.5. The number of benzene rings is 1. The summed E-state index contributed by atoms with van der Waals surface area (Å²) >= 11 is 0. The molecule has 10 heteroatoms. The topological polar surface area (TPSA) is 104 Å². The minimum Gasteiger partial charge on any atom is -0.497 e. The number of pyridine rings is 1. The maximum Gasteiger partial charge on any atom is 0.228 e. The van der Waals surface area contributed by atoms with Crippen LogP contribution in [0.3, 0.4) is 0 Å². The van der Waals surface area contributed by atoms with E-state index in [9.17, 15) is 9.59 Å². The number of aromatic nitrogens is 3. The van der Waals surface area contributed by atoms with Crippen LogP contribution in [-0.4, -0.2) is 71.5 Å². The van der Waals surface area contributed by atoms with E-state index in [0.29, 0.717) is 55.9 Å². The van der Waals surface area contributed by atoms with Crippen LogP contribution in [0, 0.1) is 12.8 Å². The Balaban J connectivity index is 1.20. The maximum atomic E-state index is 13.3. The Hall–Kier alpha value is -4.21. The third-order valence-corrected chi connectivity index (χ3v) is 6.50. The van der Waals surface area contributed by atoms with Gasteiger partial charge in [0, 0.05) is 63.2 Å². The summed E-state index contributed by atoms with van der Waals surface area (Å²) in [5, 5.41) is 3.22. The van der Waals surface area contributed by atoms with Crippen molar-refractivity contribution in [1.29, 1.82) is 0 Å². The van der Waals surface area contributed by atoms with Gasteiger partial charge in [0.2, 0.25) is 11.8 Å². The van der Waals surface area contributed by atoms with Gasteiger partial charge in [-0.25, -0.2) is 15.0 Å². The quantitative estimate of drug-likeness (QED) is 0.566. The van der Waals surface area contributed by atoms with Crippen molar-refractivity contribution in [3.63, 3.8) is 0 Å². The van der Waals surface area contributed by atoms with Gasteiger partial charge in [-0.3, -0.25) is 9.59 Å². The van der Waals surface area contributed by atoms with Crippen LogP contribution in [0.1, 0.15) is 12.2 Å². The molecule has 1 N–H and O–H groups in total. The minimum absolute atomic E-state index is 0.0322. The number of aryl methyl sites for hydroxylation is 1. The first-order valence-electron chi connectivity index (χ1n) is 12.0. The minimum atomic E-state index is -0.342. The van der Waals surface area contributed by atoms with Gasteiger partial charge in [-0.2, -0.15) is 0 Å². The second-order valence-corrected chi connectivity index (χ2v) is 8.92. The first kappa shape index (κ1) is 23.5. The fraction of sp³-hybridized carbons (Fsp3) is 0.346. The molecule has 0 bridgehead atoms. The van der Waals surface area contributed by atoms with Crippen LogP contribution in [0.4, 0.5) is 23.1 Å². The molecule has 0 spiro atoms. The average Bonchev–Trinajstić information content (AvgIpc) is 3.30. The molecule has 1 aromatic carbocycles. The monoisotopic (exact) mass is 487 g/mol. The Morgan fingerprint density at radius 2 is 1.86 bits per heavy atom. The summed E-state index contributed by atoms with van der Waals surface area (Å²) in [5.41, 5.74) is 0.758. The summed E-state index contributed by atoms with van der Waals surface area (Å²) in [6.45, 7) is 4.72. The van der Waals surface area contributed by atoms with E-state index in [0.717, 1.165) is 11.5 Å². The number of carbonyl (C=O) groups excluding carboxylic acids is 2. The molecule has 2 fully saturated rings. The molecule has 2 aromatic heterocycles. The van der Waals surface area contributed by atoms with Gasteiger partial charge in [0.1, 0.15) is 29.0 Å². The Bertz CT molecular complexity index is 1250. The van der Waals surface area contributed by atoms with Crippen LogP contribution < -0.4 is 19.9 Å². The van der Waals surface area contributed by atoms with Crippen LogP contribution in [-0.2, 0) is 9.59 Å². The van der Waals surface area contributed by atoms with E-state index in [1.54, 1.807) is 18.2 Å². The molecule has 2 saturated heterocycles. The van der Waals surface area contributed by atoms with Gasteiger partial charge < -0.3 is 24.8 Å². The van der Waals surface area contributed by atoms with E-state index >= 15 is 0 Å². The van der Waals surface area contributed by atoms with Crippen molar-refractivity contribution < 1.29 is 14.3 Å². The summed E-state index contributed by atoms with van der Waals surface area (Å²) in [4.78, 5) is 45.0. The highest BCUT2D eigenvalue weighted by molar-refractivity contribution is 6.00. The van der Waals surface area contributed by atoms with E-state index in [1.807, 2.05) is 60.4 Å². The average molecular weight is 488 g/mol. The molecule has 3 aromatic rings. The molecule has 2 amide bonds. The SMILES string of the molecule is COc1cccc(N2CC(C(=O)N3CCN(c4cc(Nc5ccccn5)nc(C)n4)CC3)CC2=O)c1. The highest BCUT2D eigenvalue weighted by atomic mass is 16.5. The van der Waals surface area contributed by atoms with Gasteiger partial charge in [-0.1, -0.05) is 12.1 Å². The third-order valence-electron chi connectivity index (χ3n) is 6.50. The van der Waals surface area contributed by atoms with Crippen molar-refractivity contribution in [3.8, 4) is 5.75 Å². The molecule has 5 rings (SSSR count). The van der Waals surface area contributed by atoms with E-state index < -0.39 is 0 Å². The Labute approximate surface area is 209 Å². The molecule has 1 unspecified atom stereocenters. The lowest BCUT2D eigenvalue weighted by atomic mass is 10.1. The fourth-order valence-electron chi connectivity index (χ4n) is 4.66.